The van der Waals surface area contributed by atoms with Crippen LogP contribution >= 0.6 is 0 Å². The number of hydrogen-bond acceptors (Lipinski definition) is 1. The second kappa shape index (κ2) is 3.91. The Hall–Kier alpha value is -0.235. The molecule has 0 amide bonds. The van der Waals surface area contributed by atoms with E-state index in [2.05, 4.69) is 42.5 Å². The highest BCUT2D eigenvalue weighted by Crippen LogP contribution is 2.58. The molecule has 0 aromatic heterocycles. The van der Waals surface area contributed by atoms with Gasteiger partial charge < -0.3 is 4.74 Å². The normalized spacial score (nSPS) is 42.5. The molecule has 0 saturated carbocycles. The van der Waals surface area contributed by atoms with Gasteiger partial charge in [0.15, 0.2) is 0 Å². The molecule has 0 radical (unpaired) electrons. The van der Waals surface area contributed by atoms with Crippen molar-refractivity contribution >= 4 is 7.85 Å². The molecule has 0 N–H and O–H groups in total. The zero-order valence-electron chi connectivity index (χ0n) is 11.6. The van der Waals surface area contributed by atoms with Crippen LogP contribution in [0.25, 0.3) is 0 Å². The van der Waals surface area contributed by atoms with Crippen LogP contribution < -0.4 is 0 Å². The van der Waals surface area contributed by atoms with Crippen molar-refractivity contribution < 1.29 is 4.74 Å². The molecule has 2 heteroatoms. The van der Waals surface area contributed by atoms with E-state index in [1.807, 2.05) is 0 Å². The Balaban J connectivity index is 2.29. The Kier molecular flexibility index (Phi) is 2.98. The third-order valence-electron chi connectivity index (χ3n) is 4.79. The van der Waals surface area contributed by atoms with Gasteiger partial charge in [-0.3, -0.25) is 0 Å². The minimum absolute atomic E-state index is 0.141. The summed E-state index contributed by atoms with van der Waals surface area (Å²) in [6.45, 7) is 11.5. The Morgan fingerprint density at radius 1 is 1.31 bits per heavy atom. The fourth-order valence-electron chi connectivity index (χ4n) is 4.11. The van der Waals surface area contributed by atoms with Gasteiger partial charge in [-0.1, -0.05) is 31.9 Å². The van der Waals surface area contributed by atoms with Crippen molar-refractivity contribution in [3.63, 3.8) is 0 Å². The van der Waals surface area contributed by atoms with Gasteiger partial charge in [-0.05, 0) is 32.6 Å². The van der Waals surface area contributed by atoms with E-state index >= 15 is 0 Å². The van der Waals surface area contributed by atoms with E-state index in [4.69, 9.17) is 4.74 Å². The van der Waals surface area contributed by atoms with E-state index in [1.165, 1.54) is 6.42 Å². The van der Waals surface area contributed by atoms with Crippen LogP contribution in [0.1, 0.15) is 47.5 Å². The molecule has 1 heterocycles. The highest BCUT2D eigenvalue weighted by molar-refractivity contribution is 6.12. The van der Waals surface area contributed by atoms with Gasteiger partial charge in [0.1, 0.15) is 7.85 Å². The van der Waals surface area contributed by atoms with Crippen LogP contribution in [0.4, 0.5) is 0 Å². The van der Waals surface area contributed by atoms with Crippen molar-refractivity contribution in [2.24, 2.45) is 17.8 Å². The summed E-state index contributed by atoms with van der Waals surface area (Å²) in [6, 6.07) is 0.424. The fraction of sp³-hybridized carbons (Fsp3) is 0.857. The maximum absolute atomic E-state index is 6.40. The number of rotatable bonds is 3. The summed E-state index contributed by atoms with van der Waals surface area (Å²) < 4.78 is 6.40. The maximum atomic E-state index is 6.40. The largest absolute Gasteiger partial charge is 0.380 e. The second-order valence-electron chi connectivity index (χ2n) is 6.21. The molecule has 0 spiro atoms. The molecule has 2 aliphatic rings. The number of ether oxygens (including phenoxy) is 1. The minimum Gasteiger partial charge on any atom is -0.380 e. The molecule has 2 rings (SSSR count). The lowest BCUT2D eigenvalue weighted by Crippen LogP contribution is -2.43. The van der Waals surface area contributed by atoms with Gasteiger partial charge in [0.2, 0.25) is 0 Å². The third kappa shape index (κ3) is 1.49. The molecule has 1 aliphatic heterocycles. The summed E-state index contributed by atoms with van der Waals surface area (Å²) in [5.74, 6) is 2.13. The van der Waals surface area contributed by atoms with E-state index < -0.39 is 0 Å². The van der Waals surface area contributed by atoms with E-state index in [0.717, 1.165) is 12.3 Å². The zero-order chi connectivity index (χ0) is 12.1. The highest BCUT2D eigenvalue weighted by atomic mass is 16.5. The fourth-order valence-corrected chi connectivity index (χ4v) is 4.11. The molecule has 4 unspecified atom stereocenters. The molecule has 1 saturated heterocycles. The molecule has 1 aliphatic carbocycles. The molecular formula is C14H25BO. The summed E-state index contributed by atoms with van der Waals surface area (Å²) in [5, 5.41) is 0. The van der Waals surface area contributed by atoms with Crippen molar-refractivity contribution in [3.05, 3.63) is 11.1 Å². The van der Waals surface area contributed by atoms with Crippen LogP contribution in [0.15, 0.2) is 11.1 Å². The smallest absolute Gasteiger partial charge is 0.140 e. The van der Waals surface area contributed by atoms with Gasteiger partial charge in [0.05, 0.1) is 5.60 Å². The maximum Gasteiger partial charge on any atom is 0.140 e. The average Bonchev–Trinajstić information content (AvgIpc) is 2.47. The Morgan fingerprint density at radius 3 is 2.44 bits per heavy atom. The zero-order valence-corrected chi connectivity index (χ0v) is 11.6. The van der Waals surface area contributed by atoms with Crippen molar-refractivity contribution in [3.8, 4) is 0 Å². The summed E-state index contributed by atoms with van der Waals surface area (Å²) >= 11 is 0. The van der Waals surface area contributed by atoms with E-state index in [0.29, 0.717) is 17.8 Å². The van der Waals surface area contributed by atoms with Gasteiger partial charge >= 0.3 is 0 Å². The molecule has 0 aromatic carbocycles. The molecule has 0 aromatic rings. The molecular weight excluding hydrogens is 195 g/mol. The van der Waals surface area contributed by atoms with Crippen LogP contribution in [-0.4, -0.2) is 19.5 Å². The quantitative estimate of drug-likeness (QED) is 0.525. The molecule has 0 bridgehead atoms. The van der Waals surface area contributed by atoms with Crippen LogP contribution in [0.5, 0.6) is 0 Å². The lowest BCUT2D eigenvalue weighted by atomic mass is 9.58. The van der Waals surface area contributed by atoms with Gasteiger partial charge in [-0.2, -0.15) is 0 Å². The summed E-state index contributed by atoms with van der Waals surface area (Å²) in [5.41, 5.74) is 3.34. The van der Waals surface area contributed by atoms with Crippen molar-refractivity contribution in [2.45, 2.75) is 59.1 Å². The van der Waals surface area contributed by atoms with Crippen LogP contribution in [-0.2, 0) is 4.74 Å². The van der Waals surface area contributed by atoms with Gasteiger partial charge in [-0.25, -0.2) is 0 Å². The molecule has 16 heavy (non-hydrogen) atoms. The first-order valence-corrected chi connectivity index (χ1v) is 6.78. The Morgan fingerprint density at radius 2 is 1.94 bits per heavy atom. The van der Waals surface area contributed by atoms with Gasteiger partial charge in [0, 0.05) is 17.8 Å². The summed E-state index contributed by atoms with van der Waals surface area (Å²) in [6.07, 6.45) is 2.36. The highest BCUT2D eigenvalue weighted by Gasteiger charge is 2.57. The Bertz CT molecular complexity index is 321. The van der Waals surface area contributed by atoms with Crippen LogP contribution in [0, 0.1) is 17.8 Å². The standard InChI is InChI=1S/C14H25BO/c1-6-14(7-8(2)3)12-10(5)9(4)11(12)13(15)16-14/h8,11-13H,6-7,15H2,1-5H3. The van der Waals surface area contributed by atoms with E-state index in [9.17, 15) is 0 Å². The van der Waals surface area contributed by atoms with Crippen molar-refractivity contribution in [1.82, 2.24) is 0 Å². The molecule has 1 fully saturated rings. The summed E-state index contributed by atoms with van der Waals surface area (Å²) in [4.78, 5) is 0. The van der Waals surface area contributed by atoms with Crippen LogP contribution in [0.3, 0.4) is 0 Å². The van der Waals surface area contributed by atoms with Gasteiger partial charge in [-0.15, -0.1) is 0 Å². The Labute approximate surface area is 101 Å². The van der Waals surface area contributed by atoms with Crippen molar-refractivity contribution in [2.75, 3.05) is 0 Å². The lowest BCUT2D eigenvalue weighted by Gasteiger charge is -2.44. The van der Waals surface area contributed by atoms with Gasteiger partial charge in [0.25, 0.3) is 0 Å². The molecule has 4 atom stereocenters. The predicted octanol–water partition coefficient (Wildman–Crippen LogP) is 2.75. The third-order valence-corrected chi connectivity index (χ3v) is 4.79. The number of fused-ring (bicyclic) bond motifs is 1. The monoisotopic (exact) mass is 220 g/mol. The topological polar surface area (TPSA) is 9.23 Å². The number of hydrogen-bond donors (Lipinski definition) is 0. The van der Waals surface area contributed by atoms with Crippen molar-refractivity contribution in [1.29, 1.82) is 0 Å². The minimum atomic E-state index is 0.141. The average molecular weight is 220 g/mol. The first kappa shape index (κ1) is 12.2. The summed E-state index contributed by atoms with van der Waals surface area (Å²) in [7, 11) is 2.26. The van der Waals surface area contributed by atoms with Crippen LogP contribution in [0.2, 0.25) is 0 Å². The first-order chi connectivity index (χ1) is 7.43. The first-order valence-electron chi connectivity index (χ1n) is 6.78. The van der Waals surface area contributed by atoms with E-state index in [-0.39, 0.29) is 5.60 Å². The second-order valence-corrected chi connectivity index (χ2v) is 6.21. The SMILES string of the molecule is BC1OC(CC)(CC(C)C)C2C(C)=C(C)C12. The molecule has 90 valence electrons. The van der Waals surface area contributed by atoms with E-state index in [1.54, 1.807) is 11.1 Å². The molecule has 1 nitrogen and oxygen atoms in total. The predicted molar refractivity (Wildman–Crippen MR) is 71.2 cm³/mol. The lowest BCUT2D eigenvalue weighted by molar-refractivity contribution is -0.0452.